The molecule has 0 bridgehead atoms. The highest BCUT2D eigenvalue weighted by Crippen LogP contribution is 2.41. The van der Waals surface area contributed by atoms with Gasteiger partial charge in [-0.2, -0.15) is 0 Å². The average Bonchev–Trinajstić information content (AvgIpc) is 3.56. The molecular weight excluding hydrogens is 864 g/mol. The molecule has 11 N–H and O–H groups in total. The van der Waals surface area contributed by atoms with Crippen molar-refractivity contribution in [3.05, 3.63) is 47.5 Å². The van der Waals surface area contributed by atoms with Gasteiger partial charge in [-0.3, -0.25) is 0 Å². The van der Waals surface area contributed by atoms with Crippen molar-refractivity contribution in [1.82, 2.24) is 0 Å². The molecule has 64 heavy (non-hydrogen) atoms. The van der Waals surface area contributed by atoms with Crippen molar-refractivity contribution in [2.75, 3.05) is 54.9 Å². The number of esters is 2. The van der Waals surface area contributed by atoms with Gasteiger partial charge in [0, 0.05) is 12.2 Å². The van der Waals surface area contributed by atoms with Gasteiger partial charge in [-0.1, -0.05) is 0 Å². The zero-order valence-electron chi connectivity index (χ0n) is 34.7. The molecule has 0 amide bonds. The lowest BCUT2D eigenvalue weighted by atomic mass is 9.97. The highest BCUT2D eigenvalue weighted by Gasteiger charge is 2.61. The Kier molecular flexibility index (Phi) is 17.1. The molecule has 3 heterocycles. The highest BCUT2D eigenvalue weighted by atomic mass is 16.8. The van der Waals surface area contributed by atoms with E-state index in [0.717, 1.165) is 12.2 Å². The lowest BCUT2D eigenvalue weighted by Crippen LogP contribution is -2.66. The Labute approximate surface area is 364 Å². The SMILES string of the molecule is COc1cc(C=CC(=O)OC[C@H]2O[C@H](O[C@]3(CO)O[C@H](CO)[C@@H](O)[C@@H]3OC(=O)C=Cc3cc(OC)c(O)c(OC)c3)[C@H](O[C@@H]3O[C@H](CO)[C@@H](O)[C@H](O)[C@H]3O)[C@@H](O)[C@@H]2O)cc(OC)c1O. The first-order valence-electron chi connectivity index (χ1n) is 19.4. The van der Waals surface area contributed by atoms with Crippen LogP contribution in [0.2, 0.25) is 0 Å². The normalized spacial score (nSPS) is 33.0. The molecule has 24 nitrogen and oxygen atoms in total. The van der Waals surface area contributed by atoms with E-state index < -0.39 is 124 Å². The van der Waals surface area contributed by atoms with Crippen LogP contribution in [-0.2, 0) is 42.7 Å². The first-order valence-corrected chi connectivity index (χ1v) is 19.4. The highest BCUT2D eigenvalue weighted by molar-refractivity contribution is 5.88. The fourth-order valence-corrected chi connectivity index (χ4v) is 6.95. The molecule has 5 rings (SSSR count). The van der Waals surface area contributed by atoms with Crippen molar-refractivity contribution >= 4 is 24.1 Å². The second kappa shape index (κ2) is 21.9. The molecule has 2 aromatic carbocycles. The Bertz CT molecular complexity index is 1910. The number of ether oxygens (including phenoxy) is 11. The first-order chi connectivity index (χ1) is 30.5. The summed E-state index contributed by atoms with van der Waals surface area (Å²) in [7, 11) is 5.16. The molecule has 3 aliphatic rings. The third-order valence-electron chi connectivity index (χ3n) is 10.4. The van der Waals surface area contributed by atoms with Crippen molar-refractivity contribution in [3.63, 3.8) is 0 Å². The number of phenolic OH excluding ortho intramolecular Hbond substituents is 2. The molecule has 14 atom stereocenters. The van der Waals surface area contributed by atoms with Gasteiger partial charge >= 0.3 is 11.9 Å². The topological polar surface area (TPSA) is 358 Å². The van der Waals surface area contributed by atoms with Crippen LogP contribution in [0.1, 0.15) is 11.1 Å². The summed E-state index contributed by atoms with van der Waals surface area (Å²) in [5.41, 5.74) is 0.597. The van der Waals surface area contributed by atoms with E-state index in [-0.39, 0.29) is 40.1 Å². The smallest absolute Gasteiger partial charge is 0.331 e. The largest absolute Gasteiger partial charge is 0.502 e. The van der Waals surface area contributed by atoms with Crippen LogP contribution in [0.4, 0.5) is 0 Å². The van der Waals surface area contributed by atoms with Gasteiger partial charge in [0.15, 0.2) is 41.7 Å². The maximum absolute atomic E-state index is 13.3. The van der Waals surface area contributed by atoms with Crippen LogP contribution < -0.4 is 18.9 Å². The molecule has 0 saturated carbocycles. The molecule has 0 aliphatic carbocycles. The fourth-order valence-electron chi connectivity index (χ4n) is 6.95. The van der Waals surface area contributed by atoms with Crippen molar-refractivity contribution in [2.45, 2.75) is 85.5 Å². The number of hydrogen-bond acceptors (Lipinski definition) is 24. The van der Waals surface area contributed by atoms with Gasteiger partial charge in [-0.15, -0.1) is 0 Å². The number of aliphatic hydroxyl groups excluding tert-OH is 9. The molecule has 24 heteroatoms. The van der Waals surface area contributed by atoms with Crippen molar-refractivity contribution in [3.8, 4) is 34.5 Å². The summed E-state index contributed by atoms with van der Waals surface area (Å²) in [5.74, 6) is -5.47. The van der Waals surface area contributed by atoms with E-state index in [2.05, 4.69) is 0 Å². The molecule has 0 spiro atoms. The zero-order chi connectivity index (χ0) is 47.0. The lowest BCUT2D eigenvalue weighted by Gasteiger charge is -2.47. The minimum Gasteiger partial charge on any atom is -0.502 e. The van der Waals surface area contributed by atoms with Crippen LogP contribution in [0.25, 0.3) is 12.2 Å². The minimum absolute atomic E-state index is 0.00792. The van der Waals surface area contributed by atoms with E-state index in [4.69, 9.17) is 52.1 Å². The van der Waals surface area contributed by atoms with Gasteiger partial charge in [0.1, 0.15) is 74.3 Å². The summed E-state index contributed by atoms with van der Waals surface area (Å²) in [6.07, 6.45) is -20.7. The summed E-state index contributed by atoms with van der Waals surface area (Å²) in [6.45, 7) is -3.92. The third kappa shape index (κ3) is 10.8. The first kappa shape index (κ1) is 50.1. The fraction of sp³-hybridized carbons (Fsp3) is 0.550. The van der Waals surface area contributed by atoms with E-state index in [9.17, 15) is 65.8 Å². The van der Waals surface area contributed by atoms with Gasteiger partial charge in [-0.25, -0.2) is 9.59 Å². The second-order valence-electron chi connectivity index (χ2n) is 14.4. The maximum Gasteiger partial charge on any atom is 0.331 e. The van der Waals surface area contributed by atoms with Gasteiger partial charge in [0.05, 0.1) is 41.7 Å². The Balaban J connectivity index is 1.43. The van der Waals surface area contributed by atoms with Crippen LogP contribution in [0.5, 0.6) is 34.5 Å². The third-order valence-corrected chi connectivity index (χ3v) is 10.4. The summed E-state index contributed by atoms with van der Waals surface area (Å²) in [5, 5.41) is 116. The summed E-state index contributed by atoms with van der Waals surface area (Å²) in [4.78, 5) is 26.1. The molecule has 0 unspecified atom stereocenters. The molecule has 3 aliphatic heterocycles. The molecule has 0 radical (unpaired) electrons. The number of aliphatic hydroxyl groups is 9. The zero-order valence-corrected chi connectivity index (χ0v) is 34.7. The van der Waals surface area contributed by atoms with Gasteiger partial charge in [0.2, 0.25) is 17.3 Å². The Morgan fingerprint density at radius 3 is 1.59 bits per heavy atom. The molecule has 3 fully saturated rings. The second-order valence-corrected chi connectivity index (χ2v) is 14.4. The standard InChI is InChI=1S/C40H52O24/c1-54-19-9-17(10-20(55-2)28(19)46)5-7-26(44)58-15-25-31(49)34(52)36(62-38-35(53)33(51)30(48)23(13-41)59-38)39(60-25)64-40(16-43)37(32(50)24(14-42)63-40)61-27(45)8-6-18-11-21(56-3)29(47)22(12-18)57-4/h5-12,23-25,30-39,41-43,46-53H,13-16H2,1-4H3/t23-,24-,25-,30-,31-,32-,33+,34+,35-,36-,37+,38+,39-,40+/m1/s1. The van der Waals surface area contributed by atoms with Crippen molar-refractivity contribution in [1.29, 1.82) is 0 Å². The predicted octanol–water partition coefficient (Wildman–Crippen LogP) is -3.60. The van der Waals surface area contributed by atoms with E-state index in [0.29, 0.717) is 5.56 Å². The molecule has 2 aromatic rings. The molecular formula is C40H52O24. The number of hydrogen-bond donors (Lipinski definition) is 11. The van der Waals surface area contributed by atoms with Crippen LogP contribution >= 0.6 is 0 Å². The van der Waals surface area contributed by atoms with Gasteiger partial charge in [0.25, 0.3) is 0 Å². The Morgan fingerprint density at radius 2 is 1.11 bits per heavy atom. The number of methoxy groups -OCH3 is 4. The lowest BCUT2D eigenvalue weighted by molar-refractivity contribution is -0.408. The average molecular weight is 917 g/mol. The van der Waals surface area contributed by atoms with Gasteiger partial charge < -0.3 is 108 Å². The maximum atomic E-state index is 13.3. The number of carbonyl (C=O) groups excluding carboxylic acids is 2. The number of aromatic hydroxyl groups is 2. The predicted molar refractivity (Wildman–Crippen MR) is 210 cm³/mol. The van der Waals surface area contributed by atoms with Crippen LogP contribution in [0.3, 0.4) is 0 Å². The van der Waals surface area contributed by atoms with Crippen LogP contribution in [0.15, 0.2) is 36.4 Å². The molecule has 356 valence electrons. The van der Waals surface area contributed by atoms with E-state index >= 15 is 0 Å². The monoisotopic (exact) mass is 916 g/mol. The molecule has 0 aromatic heterocycles. The summed E-state index contributed by atoms with van der Waals surface area (Å²) in [6, 6.07) is 5.47. The number of rotatable bonds is 18. The number of phenols is 2. The van der Waals surface area contributed by atoms with Crippen molar-refractivity contribution < 1.29 is 118 Å². The summed E-state index contributed by atoms with van der Waals surface area (Å²) >= 11 is 0. The van der Waals surface area contributed by atoms with Gasteiger partial charge in [-0.05, 0) is 47.5 Å². The van der Waals surface area contributed by atoms with Crippen LogP contribution in [-0.4, -0.2) is 208 Å². The van der Waals surface area contributed by atoms with Crippen molar-refractivity contribution in [2.24, 2.45) is 0 Å². The summed E-state index contributed by atoms with van der Waals surface area (Å²) < 4.78 is 60.0. The Hall–Kier alpha value is -4.90. The quantitative estimate of drug-likeness (QED) is 0.0508. The Morgan fingerprint density at radius 1 is 0.625 bits per heavy atom. The minimum atomic E-state index is -2.69. The number of benzene rings is 2. The van der Waals surface area contributed by atoms with E-state index in [1.807, 2.05) is 0 Å². The number of carbonyl (C=O) groups is 2. The molecule has 3 saturated heterocycles. The van der Waals surface area contributed by atoms with E-state index in [1.165, 1.54) is 64.9 Å². The van der Waals surface area contributed by atoms with E-state index in [1.54, 1.807) is 0 Å². The van der Waals surface area contributed by atoms with Crippen LogP contribution in [0, 0.1) is 0 Å².